The van der Waals surface area contributed by atoms with Gasteiger partial charge in [0.05, 0.1) is 24.6 Å². The van der Waals surface area contributed by atoms with Crippen molar-refractivity contribution in [1.29, 1.82) is 0 Å². The average molecular weight is 339 g/mol. The highest BCUT2D eigenvalue weighted by molar-refractivity contribution is 8.00. The van der Waals surface area contributed by atoms with Crippen LogP contribution in [0.3, 0.4) is 0 Å². The van der Waals surface area contributed by atoms with Crippen molar-refractivity contribution >= 4 is 29.0 Å². The molecule has 126 valence electrons. The number of rotatable bonds is 5. The lowest BCUT2D eigenvalue weighted by Gasteiger charge is -2.36. The van der Waals surface area contributed by atoms with Crippen molar-refractivity contribution in [2.45, 2.75) is 25.1 Å². The average Bonchev–Trinajstić information content (AvgIpc) is 2.52. The molecule has 1 aliphatic rings. The largest absolute Gasteiger partial charge is 0.496 e. The van der Waals surface area contributed by atoms with Crippen LogP contribution >= 0.6 is 11.8 Å². The Morgan fingerprint density at radius 2 is 2.26 bits per heavy atom. The van der Waals surface area contributed by atoms with Gasteiger partial charge < -0.3 is 10.1 Å². The van der Waals surface area contributed by atoms with E-state index in [9.17, 15) is 14.9 Å². The lowest BCUT2D eigenvalue weighted by atomic mass is 10.2. The molecule has 7 nitrogen and oxygen atoms in total. The molecule has 1 aromatic rings. The third-order valence-electron chi connectivity index (χ3n) is 4.04. The topological polar surface area (TPSA) is 84.7 Å². The summed E-state index contributed by atoms with van der Waals surface area (Å²) in [4.78, 5) is 25.0. The molecule has 2 rings (SSSR count). The number of nitrogens with one attached hydrogen (secondary N) is 1. The van der Waals surface area contributed by atoms with E-state index in [-0.39, 0.29) is 23.8 Å². The Balaban J connectivity index is 2.06. The van der Waals surface area contributed by atoms with E-state index in [4.69, 9.17) is 4.74 Å². The SMILES string of the molecule is COc1ccc(NC(=O)CN2CCSC(C)C2C)c([N+](=O)[O-])c1. The van der Waals surface area contributed by atoms with Crippen LogP contribution in [-0.4, -0.2) is 53.0 Å². The van der Waals surface area contributed by atoms with Crippen LogP contribution in [0.4, 0.5) is 11.4 Å². The number of amides is 1. The van der Waals surface area contributed by atoms with Crippen molar-refractivity contribution in [1.82, 2.24) is 4.90 Å². The third-order valence-corrected chi connectivity index (χ3v) is 5.37. The summed E-state index contributed by atoms with van der Waals surface area (Å²) in [5.74, 6) is 1.12. The predicted molar refractivity (Wildman–Crippen MR) is 91.2 cm³/mol. The molecule has 2 unspecified atom stereocenters. The number of nitrogens with zero attached hydrogens (tertiary/aromatic N) is 2. The predicted octanol–water partition coefficient (Wildman–Crippen LogP) is 2.37. The minimum Gasteiger partial charge on any atom is -0.496 e. The van der Waals surface area contributed by atoms with Gasteiger partial charge in [-0.1, -0.05) is 6.92 Å². The van der Waals surface area contributed by atoms with E-state index in [1.807, 2.05) is 11.8 Å². The summed E-state index contributed by atoms with van der Waals surface area (Å²) in [6, 6.07) is 4.68. The highest BCUT2D eigenvalue weighted by Gasteiger charge is 2.27. The Kier molecular flexibility index (Phi) is 5.84. The van der Waals surface area contributed by atoms with E-state index in [0.717, 1.165) is 12.3 Å². The molecule has 1 saturated heterocycles. The number of carbonyl (C=O) groups excluding carboxylic acids is 1. The summed E-state index contributed by atoms with van der Waals surface area (Å²) in [6.07, 6.45) is 0. The number of hydrogen-bond acceptors (Lipinski definition) is 6. The fraction of sp³-hybridized carbons (Fsp3) is 0.533. The van der Waals surface area contributed by atoms with E-state index in [2.05, 4.69) is 24.1 Å². The minimum absolute atomic E-state index is 0.173. The summed E-state index contributed by atoms with van der Waals surface area (Å²) in [5.41, 5.74) is 0.0150. The van der Waals surface area contributed by atoms with Crippen LogP contribution in [0.1, 0.15) is 13.8 Å². The third kappa shape index (κ3) is 4.35. The second kappa shape index (κ2) is 7.65. The molecular weight excluding hydrogens is 318 g/mol. The van der Waals surface area contributed by atoms with Gasteiger partial charge in [-0.15, -0.1) is 0 Å². The van der Waals surface area contributed by atoms with Gasteiger partial charge in [-0.05, 0) is 19.1 Å². The number of thioether (sulfide) groups is 1. The number of anilines is 1. The highest BCUT2D eigenvalue weighted by atomic mass is 32.2. The number of hydrogen-bond donors (Lipinski definition) is 1. The van der Waals surface area contributed by atoms with Gasteiger partial charge in [-0.3, -0.25) is 19.8 Å². The van der Waals surface area contributed by atoms with Gasteiger partial charge in [-0.25, -0.2) is 0 Å². The Morgan fingerprint density at radius 1 is 1.52 bits per heavy atom. The second-order valence-electron chi connectivity index (χ2n) is 5.48. The quantitative estimate of drug-likeness (QED) is 0.655. The maximum Gasteiger partial charge on any atom is 0.296 e. The van der Waals surface area contributed by atoms with Crippen molar-refractivity contribution in [3.8, 4) is 5.75 Å². The molecule has 8 heteroatoms. The molecule has 23 heavy (non-hydrogen) atoms. The maximum absolute atomic E-state index is 12.2. The minimum atomic E-state index is -0.527. The van der Waals surface area contributed by atoms with Crippen LogP contribution in [0.2, 0.25) is 0 Å². The number of nitro benzene ring substituents is 1. The van der Waals surface area contributed by atoms with Crippen LogP contribution in [0, 0.1) is 10.1 Å². The maximum atomic E-state index is 12.2. The second-order valence-corrected chi connectivity index (χ2v) is 6.96. The molecule has 1 amide bonds. The molecule has 1 N–H and O–H groups in total. The fourth-order valence-electron chi connectivity index (χ4n) is 2.49. The summed E-state index contributed by atoms with van der Waals surface area (Å²) >= 11 is 1.89. The summed E-state index contributed by atoms with van der Waals surface area (Å²) in [7, 11) is 1.44. The molecule has 0 spiro atoms. The first-order valence-electron chi connectivity index (χ1n) is 7.40. The zero-order valence-electron chi connectivity index (χ0n) is 13.4. The van der Waals surface area contributed by atoms with Crippen molar-refractivity contribution in [3.63, 3.8) is 0 Å². The number of nitro groups is 1. The van der Waals surface area contributed by atoms with Gasteiger partial charge >= 0.3 is 0 Å². The first-order valence-corrected chi connectivity index (χ1v) is 8.45. The first-order chi connectivity index (χ1) is 10.9. The van der Waals surface area contributed by atoms with Gasteiger partial charge in [0.2, 0.25) is 5.91 Å². The number of carbonyl (C=O) groups is 1. The van der Waals surface area contributed by atoms with E-state index >= 15 is 0 Å². The molecular formula is C15H21N3O4S. The Labute approximate surface area is 139 Å². The number of ether oxygens (including phenoxy) is 1. The molecule has 2 atom stereocenters. The van der Waals surface area contributed by atoms with Crippen LogP contribution in [0.15, 0.2) is 18.2 Å². The normalized spacial score (nSPS) is 21.7. The number of benzene rings is 1. The summed E-state index contributed by atoms with van der Waals surface area (Å²) < 4.78 is 4.98. The first kappa shape index (κ1) is 17.6. The monoisotopic (exact) mass is 339 g/mol. The van der Waals surface area contributed by atoms with E-state index in [1.54, 1.807) is 6.07 Å². The summed E-state index contributed by atoms with van der Waals surface area (Å²) in [5, 5.41) is 14.2. The molecule has 0 saturated carbocycles. The van der Waals surface area contributed by atoms with Gasteiger partial charge in [-0.2, -0.15) is 11.8 Å². The van der Waals surface area contributed by atoms with Crippen molar-refractivity contribution in [2.24, 2.45) is 0 Å². The number of methoxy groups -OCH3 is 1. The Hall–Kier alpha value is -1.80. The zero-order valence-corrected chi connectivity index (χ0v) is 14.3. The van der Waals surface area contributed by atoms with Crippen LogP contribution in [0.5, 0.6) is 5.75 Å². The molecule has 0 aliphatic carbocycles. The lowest BCUT2D eigenvalue weighted by molar-refractivity contribution is -0.384. The van der Waals surface area contributed by atoms with Crippen molar-refractivity contribution in [2.75, 3.05) is 31.3 Å². The van der Waals surface area contributed by atoms with Gasteiger partial charge in [0.25, 0.3) is 5.69 Å². The van der Waals surface area contributed by atoms with Gasteiger partial charge in [0.15, 0.2) is 0 Å². The molecule has 0 radical (unpaired) electrons. The highest BCUT2D eigenvalue weighted by Crippen LogP contribution is 2.29. The van der Waals surface area contributed by atoms with Gasteiger partial charge in [0, 0.05) is 23.6 Å². The Morgan fingerprint density at radius 3 is 2.91 bits per heavy atom. The van der Waals surface area contributed by atoms with Crippen molar-refractivity contribution in [3.05, 3.63) is 28.3 Å². The molecule has 0 aromatic heterocycles. The smallest absolute Gasteiger partial charge is 0.296 e. The van der Waals surface area contributed by atoms with E-state index in [0.29, 0.717) is 17.0 Å². The Bertz CT molecular complexity index is 596. The molecule has 1 aliphatic heterocycles. The summed E-state index contributed by atoms with van der Waals surface area (Å²) in [6.45, 7) is 5.32. The van der Waals surface area contributed by atoms with E-state index in [1.165, 1.54) is 19.2 Å². The van der Waals surface area contributed by atoms with Crippen LogP contribution in [-0.2, 0) is 4.79 Å². The molecule has 0 bridgehead atoms. The van der Waals surface area contributed by atoms with Crippen molar-refractivity contribution < 1.29 is 14.5 Å². The van der Waals surface area contributed by atoms with Gasteiger partial charge in [0.1, 0.15) is 11.4 Å². The molecule has 1 heterocycles. The van der Waals surface area contributed by atoms with Crippen LogP contribution < -0.4 is 10.1 Å². The lowest BCUT2D eigenvalue weighted by Crippen LogP contribution is -2.47. The fourth-order valence-corrected chi connectivity index (χ4v) is 3.65. The van der Waals surface area contributed by atoms with E-state index < -0.39 is 4.92 Å². The zero-order chi connectivity index (χ0) is 17.0. The van der Waals surface area contributed by atoms with Crippen LogP contribution in [0.25, 0.3) is 0 Å². The molecule has 1 aromatic carbocycles. The molecule has 1 fully saturated rings. The standard InChI is InChI=1S/C15H21N3O4S/c1-10-11(2)23-7-6-17(10)9-15(19)16-13-5-4-12(22-3)8-14(13)18(20)21/h4-5,8,10-11H,6-7,9H2,1-3H3,(H,16,19).